The maximum Gasteiger partial charge on any atom is 0.289 e. The Kier molecular flexibility index (Phi) is 6.84. The number of aromatic nitrogens is 2. The molecule has 0 aliphatic carbocycles. The fraction of sp³-hybridized carbons (Fsp3) is 0.0417. The Labute approximate surface area is 194 Å². The van der Waals surface area contributed by atoms with E-state index in [9.17, 15) is 4.79 Å². The highest BCUT2D eigenvalue weighted by Gasteiger charge is 2.14. The summed E-state index contributed by atoms with van der Waals surface area (Å²) in [5, 5.41) is 11.9. The van der Waals surface area contributed by atoms with Gasteiger partial charge in [-0.3, -0.25) is 9.89 Å². The van der Waals surface area contributed by atoms with Crippen molar-refractivity contribution in [1.29, 1.82) is 0 Å². The number of hydrazone groups is 1. The Morgan fingerprint density at radius 1 is 1.03 bits per heavy atom. The minimum Gasteiger partial charge on any atom is -0.488 e. The first-order chi connectivity index (χ1) is 15.6. The fourth-order valence-electron chi connectivity index (χ4n) is 2.94. The van der Waals surface area contributed by atoms with E-state index in [0.717, 1.165) is 11.1 Å². The molecule has 0 aliphatic heterocycles. The standard InChI is InChI=1S/C24H18Cl2N4O2/c25-18-11-10-17(20(26)12-18)14-27-30-24(31)22-13-21(28-29-22)19-8-4-5-9-23(19)32-15-16-6-2-1-3-7-16/h1-14H,15H2,(H,28,29)(H,30,31)/b27-14+. The van der Waals surface area contributed by atoms with Gasteiger partial charge in [-0.2, -0.15) is 10.2 Å². The van der Waals surface area contributed by atoms with Gasteiger partial charge < -0.3 is 4.74 Å². The molecular formula is C24H18Cl2N4O2. The van der Waals surface area contributed by atoms with Crippen molar-refractivity contribution in [2.45, 2.75) is 6.61 Å². The number of aromatic amines is 1. The molecule has 32 heavy (non-hydrogen) atoms. The lowest BCUT2D eigenvalue weighted by Crippen LogP contribution is -2.18. The van der Waals surface area contributed by atoms with Gasteiger partial charge in [0.05, 0.1) is 16.9 Å². The molecule has 1 amide bonds. The number of para-hydroxylation sites is 1. The number of H-pyrrole nitrogens is 1. The minimum absolute atomic E-state index is 0.261. The molecule has 2 N–H and O–H groups in total. The van der Waals surface area contributed by atoms with Crippen LogP contribution >= 0.6 is 23.2 Å². The Morgan fingerprint density at radius 2 is 1.81 bits per heavy atom. The van der Waals surface area contributed by atoms with Gasteiger partial charge in [-0.15, -0.1) is 0 Å². The summed E-state index contributed by atoms with van der Waals surface area (Å²) in [6, 6.07) is 24.1. The van der Waals surface area contributed by atoms with Crippen LogP contribution < -0.4 is 10.2 Å². The first-order valence-corrected chi connectivity index (χ1v) is 10.5. The number of nitrogens with one attached hydrogen (secondary N) is 2. The number of hydrogen-bond donors (Lipinski definition) is 2. The van der Waals surface area contributed by atoms with Crippen molar-refractivity contribution >= 4 is 35.3 Å². The molecule has 1 aromatic heterocycles. The predicted molar refractivity (Wildman–Crippen MR) is 126 cm³/mol. The Bertz CT molecular complexity index is 1260. The van der Waals surface area contributed by atoms with Gasteiger partial charge in [-0.25, -0.2) is 5.43 Å². The van der Waals surface area contributed by atoms with Crippen LogP contribution in [0.1, 0.15) is 21.6 Å². The number of carbonyl (C=O) groups excluding carboxylic acids is 1. The van der Waals surface area contributed by atoms with Gasteiger partial charge in [0.25, 0.3) is 5.91 Å². The highest BCUT2D eigenvalue weighted by molar-refractivity contribution is 6.36. The number of carbonyl (C=O) groups is 1. The SMILES string of the molecule is O=C(N/N=C/c1ccc(Cl)cc1Cl)c1cc(-c2ccccc2OCc2ccccc2)n[nH]1. The summed E-state index contributed by atoms with van der Waals surface area (Å²) in [5.74, 6) is 0.234. The van der Waals surface area contributed by atoms with Crippen LogP contribution in [0.3, 0.4) is 0 Å². The molecule has 8 heteroatoms. The van der Waals surface area contributed by atoms with Crippen molar-refractivity contribution in [3.05, 3.63) is 106 Å². The molecule has 0 spiro atoms. The van der Waals surface area contributed by atoms with Crippen molar-refractivity contribution in [3.63, 3.8) is 0 Å². The van der Waals surface area contributed by atoms with E-state index in [1.54, 1.807) is 24.3 Å². The van der Waals surface area contributed by atoms with E-state index in [4.69, 9.17) is 27.9 Å². The third kappa shape index (κ3) is 5.35. The number of nitrogens with zero attached hydrogens (tertiary/aromatic N) is 2. The monoisotopic (exact) mass is 464 g/mol. The highest BCUT2D eigenvalue weighted by Crippen LogP contribution is 2.29. The molecule has 0 saturated carbocycles. The summed E-state index contributed by atoms with van der Waals surface area (Å²) in [5.41, 5.74) is 5.76. The van der Waals surface area contributed by atoms with Crippen LogP contribution in [0.25, 0.3) is 11.3 Å². The maximum absolute atomic E-state index is 12.4. The van der Waals surface area contributed by atoms with E-state index in [-0.39, 0.29) is 5.69 Å². The highest BCUT2D eigenvalue weighted by atomic mass is 35.5. The predicted octanol–water partition coefficient (Wildman–Crippen LogP) is 5.73. The molecule has 0 atom stereocenters. The lowest BCUT2D eigenvalue weighted by molar-refractivity contribution is 0.0950. The zero-order valence-electron chi connectivity index (χ0n) is 16.8. The molecule has 0 saturated heterocycles. The van der Waals surface area contributed by atoms with Crippen LogP contribution in [0.15, 0.2) is 84.0 Å². The number of benzene rings is 3. The smallest absolute Gasteiger partial charge is 0.289 e. The van der Waals surface area contributed by atoms with Crippen molar-refractivity contribution in [2.24, 2.45) is 5.10 Å². The molecule has 6 nitrogen and oxygen atoms in total. The number of ether oxygens (including phenoxy) is 1. The number of halogens is 2. The quantitative estimate of drug-likeness (QED) is 0.270. The molecule has 160 valence electrons. The average Bonchev–Trinajstić information content (AvgIpc) is 3.30. The van der Waals surface area contributed by atoms with Crippen LogP contribution in [-0.2, 0) is 6.61 Å². The van der Waals surface area contributed by atoms with Crippen LogP contribution in [0, 0.1) is 0 Å². The van der Waals surface area contributed by atoms with Gasteiger partial charge in [0.2, 0.25) is 0 Å². The largest absolute Gasteiger partial charge is 0.488 e. The first kappa shape index (κ1) is 21.6. The third-order valence-corrected chi connectivity index (χ3v) is 5.12. The summed E-state index contributed by atoms with van der Waals surface area (Å²) in [7, 11) is 0. The molecule has 0 fully saturated rings. The van der Waals surface area contributed by atoms with Crippen LogP contribution in [-0.4, -0.2) is 22.3 Å². The molecule has 0 unspecified atom stereocenters. The van der Waals surface area contributed by atoms with Gasteiger partial charge in [-0.05, 0) is 35.9 Å². The molecule has 3 aromatic carbocycles. The molecular weight excluding hydrogens is 447 g/mol. The van der Waals surface area contributed by atoms with E-state index in [2.05, 4.69) is 20.7 Å². The van der Waals surface area contributed by atoms with Gasteiger partial charge >= 0.3 is 0 Å². The summed E-state index contributed by atoms with van der Waals surface area (Å²) in [6.45, 7) is 0.428. The van der Waals surface area contributed by atoms with Gasteiger partial charge in [0, 0.05) is 16.1 Å². The Hall–Kier alpha value is -3.61. The van der Waals surface area contributed by atoms with Crippen molar-refractivity contribution in [3.8, 4) is 17.0 Å². The van der Waals surface area contributed by atoms with Crippen LogP contribution in [0.2, 0.25) is 10.0 Å². The normalized spacial score (nSPS) is 10.9. The Balaban J connectivity index is 1.44. The van der Waals surface area contributed by atoms with Crippen molar-refractivity contribution in [2.75, 3.05) is 0 Å². The van der Waals surface area contributed by atoms with E-state index in [1.165, 1.54) is 6.21 Å². The number of amides is 1. The van der Waals surface area contributed by atoms with Crippen molar-refractivity contribution in [1.82, 2.24) is 15.6 Å². The number of hydrogen-bond acceptors (Lipinski definition) is 4. The second-order valence-electron chi connectivity index (χ2n) is 6.80. The van der Waals surface area contributed by atoms with E-state index >= 15 is 0 Å². The third-order valence-electron chi connectivity index (χ3n) is 4.55. The van der Waals surface area contributed by atoms with Gasteiger partial charge in [0.15, 0.2) is 0 Å². The summed E-state index contributed by atoms with van der Waals surface area (Å²) in [6.07, 6.45) is 1.45. The fourth-order valence-corrected chi connectivity index (χ4v) is 3.40. The van der Waals surface area contributed by atoms with E-state index in [1.807, 2.05) is 54.6 Å². The zero-order chi connectivity index (χ0) is 22.3. The first-order valence-electron chi connectivity index (χ1n) is 9.70. The van der Waals surface area contributed by atoms with Crippen LogP contribution in [0.5, 0.6) is 5.75 Å². The topological polar surface area (TPSA) is 79.4 Å². The van der Waals surface area contributed by atoms with E-state index < -0.39 is 5.91 Å². The zero-order valence-corrected chi connectivity index (χ0v) is 18.3. The maximum atomic E-state index is 12.4. The average molecular weight is 465 g/mol. The lowest BCUT2D eigenvalue weighted by atomic mass is 10.1. The molecule has 4 aromatic rings. The summed E-state index contributed by atoms with van der Waals surface area (Å²) in [4.78, 5) is 12.4. The molecule has 0 aliphatic rings. The molecule has 1 heterocycles. The molecule has 0 radical (unpaired) electrons. The van der Waals surface area contributed by atoms with Crippen molar-refractivity contribution < 1.29 is 9.53 Å². The van der Waals surface area contributed by atoms with Gasteiger partial charge in [0.1, 0.15) is 18.1 Å². The summed E-state index contributed by atoms with van der Waals surface area (Å²) < 4.78 is 5.98. The lowest BCUT2D eigenvalue weighted by Gasteiger charge is -2.10. The number of rotatable bonds is 7. The molecule has 0 bridgehead atoms. The Morgan fingerprint density at radius 3 is 2.62 bits per heavy atom. The second-order valence-corrected chi connectivity index (χ2v) is 7.65. The summed E-state index contributed by atoms with van der Waals surface area (Å²) >= 11 is 12.0. The second kappa shape index (κ2) is 10.1. The van der Waals surface area contributed by atoms with Gasteiger partial charge in [-0.1, -0.05) is 71.7 Å². The van der Waals surface area contributed by atoms with Crippen LogP contribution in [0.4, 0.5) is 0 Å². The molecule has 4 rings (SSSR count). The minimum atomic E-state index is -0.437. The van der Waals surface area contributed by atoms with E-state index in [0.29, 0.717) is 33.7 Å².